The van der Waals surface area contributed by atoms with E-state index in [0.29, 0.717) is 25.3 Å². The number of carbonyl (C=O) groups excluding carboxylic acids is 1. The molecule has 1 saturated heterocycles. The van der Waals surface area contributed by atoms with Crippen LogP contribution < -0.4 is 15.4 Å². The highest BCUT2D eigenvalue weighted by Gasteiger charge is 2.27. The smallest absolute Gasteiger partial charge is 0.319 e. The van der Waals surface area contributed by atoms with Crippen LogP contribution in [0.4, 0.5) is 10.5 Å². The van der Waals surface area contributed by atoms with Gasteiger partial charge in [0.25, 0.3) is 0 Å². The molecule has 1 aliphatic rings. The van der Waals surface area contributed by atoms with Crippen molar-refractivity contribution in [3.63, 3.8) is 0 Å². The minimum absolute atomic E-state index is 0.0125. The molecular weight excluding hydrogens is 354 g/mol. The van der Waals surface area contributed by atoms with Crippen molar-refractivity contribution >= 4 is 21.6 Å². The summed E-state index contributed by atoms with van der Waals surface area (Å²) in [4.78, 5) is 12.1. The molecule has 0 saturated carbocycles. The van der Waals surface area contributed by atoms with Crippen molar-refractivity contribution in [1.82, 2.24) is 9.88 Å². The van der Waals surface area contributed by atoms with Gasteiger partial charge in [0.2, 0.25) is 0 Å². The number of sulfone groups is 1. The van der Waals surface area contributed by atoms with Crippen LogP contribution in [0.25, 0.3) is 5.69 Å². The highest BCUT2D eigenvalue weighted by atomic mass is 32.2. The minimum Gasteiger partial charge on any atom is -0.492 e. The Labute approximate surface area is 153 Å². The van der Waals surface area contributed by atoms with Crippen molar-refractivity contribution < 1.29 is 17.9 Å². The van der Waals surface area contributed by atoms with Gasteiger partial charge in [0.15, 0.2) is 9.84 Å². The second-order valence-electron chi connectivity index (χ2n) is 6.31. The molecule has 1 aromatic carbocycles. The van der Waals surface area contributed by atoms with Crippen LogP contribution in [0.5, 0.6) is 5.75 Å². The highest BCUT2D eigenvalue weighted by Crippen LogP contribution is 2.27. The van der Waals surface area contributed by atoms with Gasteiger partial charge in [-0.2, -0.15) is 0 Å². The number of urea groups is 1. The molecule has 1 atom stereocenters. The first-order chi connectivity index (χ1) is 12.5. The molecule has 0 aliphatic carbocycles. The number of carbonyl (C=O) groups is 1. The molecule has 0 bridgehead atoms. The van der Waals surface area contributed by atoms with Gasteiger partial charge in [0.05, 0.1) is 23.8 Å². The van der Waals surface area contributed by atoms with Crippen molar-refractivity contribution in [3.05, 3.63) is 42.7 Å². The van der Waals surface area contributed by atoms with Gasteiger partial charge in [-0.05, 0) is 49.6 Å². The largest absolute Gasteiger partial charge is 0.492 e. The van der Waals surface area contributed by atoms with E-state index in [2.05, 4.69) is 10.6 Å². The van der Waals surface area contributed by atoms with Gasteiger partial charge < -0.3 is 19.9 Å². The second kappa shape index (κ2) is 7.82. The predicted octanol–water partition coefficient (Wildman–Crippen LogP) is 2.43. The molecule has 1 aliphatic heterocycles. The molecule has 7 nitrogen and oxygen atoms in total. The molecule has 2 amide bonds. The average molecular weight is 377 g/mol. The number of rotatable bonds is 6. The molecule has 1 fully saturated rings. The monoisotopic (exact) mass is 377 g/mol. The molecule has 1 aromatic heterocycles. The lowest BCUT2D eigenvalue weighted by atomic mass is 10.1. The standard InChI is InChI=1S/C18H23N3O4S/c1-2-25-17-6-5-15(11-16(17)21-8-3-4-9-21)20-18(22)19-12-14-7-10-26(23,24)13-14/h3-6,8-9,11,14H,2,7,10,12-13H2,1H3,(H2,19,20,22)/t14-/m0/s1. The maximum Gasteiger partial charge on any atom is 0.319 e. The Morgan fingerprint density at radius 1 is 1.31 bits per heavy atom. The van der Waals surface area contributed by atoms with Crippen LogP contribution in [0.2, 0.25) is 0 Å². The van der Waals surface area contributed by atoms with E-state index in [4.69, 9.17) is 4.74 Å². The highest BCUT2D eigenvalue weighted by molar-refractivity contribution is 7.91. The molecule has 26 heavy (non-hydrogen) atoms. The number of anilines is 1. The second-order valence-corrected chi connectivity index (χ2v) is 8.54. The summed E-state index contributed by atoms with van der Waals surface area (Å²) in [6.45, 7) is 2.82. The van der Waals surface area contributed by atoms with Crippen molar-refractivity contribution in [1.29, 1.82) is 0 Å². The van der Waals surface area contributed by atoms with Crippen LogP contribution in [0, 0.1) is 5.92 Å². The van der Waals surface area contributed by atoms with Crippen LogP contribution in [0.1, 0.15) is 13.3 Å². The van der Waals surface area contributed by atoms with E-state index in [1.54, 1.807) is 6.07 Å². The fourth-order valence-electron chi connectivity index (χ4n) is 3.01. The quantitative estimate of drug-likeness (QED) is 0.809. The lowest BCUT2D eigenvalue weighted by Gasteiger charge is -2.15. The predicted molar refractivity (Wildman–Crippen MR) is 101 cm³/mol. The summed E-state index contributed by atoms with van der Waals surface area (Å²) in [6, 6.07) is 8.91. The number of amides is 2. The molecule has 8 heteroatoms. The molecule has 140 valence electrons. The lowest BCUT2D eigenvalue weighted by Crippen LogP contribution is -2.33. The maximum absolute atomic E-state index is 12.1. The van der Waals surface area contributed by atoms with Gasteiger partial charge in [-0.1, -0.05) is 0 Å². The van der Waals surface area contributed by atoms with Crippen LogP contribution in [0.15, 0.2) is 42.7 Å². The molecule has 0 radical (unpaired) electrons. The normalized spacial score (nSPS) is 18.4. The average Bonchev–Trinajstić information content (AvgIpc) is 3.24. The van der Waals surface area contributed by atoms with Crippen LogP contribution in [-0.4, -0.2) is 43.7 Å². The third-order valence-electron chi connectivity index (χ3n) is 4.28. The Balaban J connectivity index is 1.64. The van der Waals surface area contributed by atoms with Crippen molar-refractivity contribution in [2.75, 3.05) is 30.0 Å². The third-order valence-corrected chi connectivity index (χ3v) is 6.11. The number of hydrogen-bond donors (Lipinski definition) is 2. The van der Waals surface area contributed by atoms with Crippen molar-refractivity contribution in [2.24, 2.45) is 5.92 Å². The van der Waals surface area contributed by atoms with Gasteiger partial charge in [-0.25, -0.2) is 13.2 Å². The molecule has 2 N–H and O–H groups in total. The minimum atomic E-state index is -2.93. The first kappa shape index (κ1) is 18.3. The Morgan fingerprint density at radius 2 is 2.08 bits per heavy atom. The zero-order valence-electron chi connectivity index (χ0n) is 14.6. The summed E-state index contributed by atoms with van der Waals surface area (Å²) >= 11 is 0. The molecule has 2 aromatic rings. The first-order valence-corrected chi connectivity index (χ1v) is 10.4. The van der Waals surface area contributed by atoms with E-state index in [1.165, 1.54) is 0 Å². The fraction of sp³-hybridized carbons (Fsp3) is 0.389. The lowest BCUT2D eigenvalue weighted by molar-refractivity contribution is 0.250. The Hall–Kier alpha value is -2.48. The van der Waals surface area contributed by atoms with Gasteiger partial charge >= 0.3 is 6.03 Å². The maximum atomic E-state index is 12.1. The number of nitrogens with zero attached hydrogens (tertiary/aromatic N) is 1. The van der Waals surface area contributed by atoms with Crippen molar-refractivity contribution in [3.8, 4) is 11.4 Å². The summed E-state index contributed by atoms with van der Waals surface area (Å²) in [5.41, 5.74) is 1.46. The van der Waals surface area contributed by atoms with E-state index < -0.39 is 9.84 Å². The van der Waals surface area contributed by atoms with E-state index in [0.717, 1.165) is 11.4 Å². The number of benzene rings is 1. The van der Waals surface area contributed by atoms with E-state index >= 15 is 0 Å². The number of ether oxygens (including phenoxy) is 1. The number of hydrogen-bond acceptors (Lipinski definition) is 4. The Kier molecular flexibility index (Phi) is 5.51. The summed E-state index contributed by atoms with van der Waals surface area (Å²) in [5.74, 6) is 1.07. The Bertz CT molecular complexity index is 863. The van der Waals surface area contributed by atoms with Gasteiger partial charge in [0.1, 0.15) is 5.75 Å². The zero-order chi connectivity index (χ0) is 18.6. The third kappa shape index (κ3) is 4.57. The van der Waals surface area contributed by atoms with E-state index in [9.17, 15) is 13.2 Å². The number of nitrogens with one attached hydrogen (secondary N) is 2. The topological polar surface area (TPSA) is 89.4 Å². The molecule has 0 spiro atoms. The summed E-state index contributed by atoms with van der Waals surface area (Å²) < 4.78 is 30.5. The fourth-order valence-corrected chi connectivity index (χ4v) is 4.88. The summed E-state index contributed by atoms with van der Waals surface area (Å²) in [7, 11) is -2.93. The first-order valence-electron chi connectivity index (χ1n) is 8.62. The van der Waals surface area contributed by atoms with Gasteiger partial charge in [-0.15, -0.1) is 0 Å². The van der Waals surface area contributed by atoms with Crippen LogP contribution in [0.3, 0.4) is 0 Å². The molecule has 2 heterocycles. The summed E-state index contributed by atoms with van der Waals surface area (Å²) in [6.07, 6.45) is 4.41. The molecule has 0 unspecified atom stereocenters. The molecular formula is C18H23N3O4S. The van der Waals surface area contributed by atoms with Crippen LogP contribution in [-0.2, 0) is 9.84 Å². The SMILES string of the molecule is CCOc1ccc(NC(=O)NC[C@@H]2CCS(=O)(=O)C2)cc1-n1cccc1. The van der Waals surface area contributed by atoms with E-state index in [1.807, 2.05) is 48.1 Å². The molecule has 3 rings (SSSR count). The van der Waals surface area contributed by atoms with Crippen molar-refractivity contribution in [2.45, 2.75) is 13.3 Å². The number of aromatic nitrogens is 1. The van der Waals surface area contributed by atoms with Gasteiger partial charge in [0, 0.05) is 24.6 Å². The summed E-state index contributed by atoms with van der Waals surface area (Å²) in [5, 5.41) is 5.54. The van der Waals surface area contributed by atoms with E-state index in [-0.39, 0.29) is 23.5 Å². The zero-order valence-corrected chi connectivity index (χ0v) is 15.5. The Morgan fingerprint density at radius 3 is 2.73 bits per heavy atom. The van der Waals surface area contributed by atoms with Crippen LogP contribution >= 0.6 is 0 Å². The van der Waals surface area contributed by atoms with Gasteiger partial charge in [-0.3, -0.25) is 0 Å².